The van der Waals surface area contributed by atoms with Crippen molar-refractivity contribution in [2.24, 2.45) is 5.92 Å². The molecule has 0 N–H and O–H groups in total. The van der Waals surface area contributed by atoms with E-state index in [4.69, 9.17) is 4.74 Å². The Morgan fingerprint density at radius 1 is 1.47 bits per heavy atom. The number of rotatable bonds is 4. The van der Waals surface area contributed by atoms with E-state index >= 15 is 0 Å². The standard InChI is InChI=1S/C12H15BrO2/c1-8(2)7-15-12-5-4-10(9(3)14)6-11(12)13/h4-6,8H,7H2,1-3H3. The van der Waals surface area contributed by atoms with Crippen LogP contribution in [0.15, 0.2) is 22.7 Å². The number of carbonyl (C=O) groups is 1. The second kappa shape index (κ2) is 5.31. The van der Waals surface area contributed by atoms with Gasteiger partial charge in [0.25, 0.3) is 0 Å². The molecule has 0 aromatic heterocycles. The maximum absolute atomic E-state index is 11.1. The van der Waals surface area contributed by atoms with Crippen molar-refractivity contribution < 1.29 is 9.53 Å². The van der Waals surface area contributed by atoms with Crippen LogP contribution in [0.4, 0.5) is 0 Å². The van der Waals surface area contributed by atoms with Crippen LogP contribution < -0.4 is 4.74 Å². The lowest BCUT2D eigenvalue weighted by atomic mass is 10.1. The van der Waals surface area contributed by atoms with Crippen molar-refractivity contribution in [3.63, 3.8) is 0 Å². The summed E-state index contributed by atoms with van der Waals surface area (Å²) in [6.07, 6.45) is 0. The second-order valence-electron chi connectivity index (χ2n) is 3.91. The quantitative estimate of drug-likeness (QED) is 0.781. The zero-order valence-corrected chi connectivity index (χ0v) is 10.8. The van der Waals surface area contributed by atoms with Gasteiger partial charge in [-0.05, 0) is 47.0 Å². The number of benzene rings is 1. The molecule has 0 aliphatic rings. The first-order valence-corrected chi connectivity index (χ1v) is 5.73. The summed E-state index contributed by atoms with van der Waals surface area (Å²) in [4.78, 5) is 11.1. The predicted molar refractivity (Wildman–Crippen MR) is 64.5 cm³/mol. The average molecular weight is 271 g/mol. The van der Waals surface area contributed by atoms with E-state index in [1.807, 2.05) is 6.07 Å². The first-order valence-electron chi connectivity index (χ1n) is 4.94. The third-order valence-electron chi connectivity index (χ3n) is 1.91. The van der Waals surface area contributed by atoms with Gasteiger partial charge in [0.05, 0.1) is 11.1 Å². The number of carbonyl (C=O) groups excluding carboxylic acids is 1. The predicted octanol–water partition coefficient (Wildman–Crippen LogP) is 3.69. The van der Waals surface area contributed by atoms with Gasteiger partial charge in [0.1, 0.15) is 5.75 Å². The summed E-state index contributed by atoms with van der Waals surface area (Å²) in [6, 6.07) is 5.39. The summed E-state index contributed by atoms with van der Waals surface area (Å²) < 4.78 is 6.40. The SMILES string of the molecule is CC(=O)c1ccc(OCC(C)C)c(Br)c1. The Kier molecular flexibility index (Phi) is 4.33. The molecular weight excluding hydrogens is 256 g/mol. The number of ether oxygens (including phenoxy) is 1. The molecule has 0 heterocycles. The monoisotopic (exact) mass is 270 g/mol. The highest BCUT2D eigenvalue weighted by molar-refractivity contribution is 9.10. The Morgan fingerprint density at radius 3 is 2.60 bits per heavy atom. The van der Waals surface area contributed by atoms with Crippen LogP contribution >= 0.6 is 15.9 Å². The lowest BCUT2D eigenvalue weighted by Gasteiger charge is -2.10. The van der Waals surface area contributed by atoms with E-state index in [9.17, 15) is 4.79 Å². The molecule has 0 unspecified atom stereocenters. The van der Waals surface area contributed by atoms with Gasteiger partial charge >= 0.3 is 0 Å². The van der Waals surface area contributed by atoms with Gasteiger partial charge in [0, 0.05) is 5.56 Å². The molecule has 1 aromatic rings. The molecule has 0 aliphatic carbocycles. The smallest absolute Gasteiger partial charge is 0.159 e. The summed E-state index contributed by atoms with van der Waals surface area (Å²) in [7, 11) is 0. The van der Waals surface area contributed by atoms with E-state index in [1.165, 1.54) is 0 Å². The van der Waals surface area contributed by atoms with Crippen molar-refractivity contribution in [2.45, 2.75) is 20.8 Å². The molecule has 1 rings (SSSR count). The molecule has 82 valence electrons. The van der Waals surface area contributed by atoms with E-state index in [-0.39, 0.29) is 5.78 Å². The molecule has 3 heteroatoms. The number of ketones is 1. The van der Waals surface area contributed by atoms with Gasteiger partial charge in [0.2, 0.25) is 0 Å². The van der Waals surface area contributed by atoms with Crippen LogP contribution in [0.3, 0.4) is 0 Å². The Bertz CT molecular complexity index is 359. The molecule has 0 saturated carbocycles. The van der Waals surface area contributed by atoms with Gasteiger partial charge in [-0.25, -0.2) is 0 Å². The Morgan fingerprint density at radius 2 is 2.13 bits per heavy atom. The van der Waals surface area contributed by atoms with Crippen LogP contribution in [-0.2, 0) is 0 Å². The summed E-state index contributed by atoms with van der Waals surface area (Å²) in [6.45, 7) is 6.42. The molecular formula is C12H15BrO2. The summed E-state index contributed by atoms with van der Waals surface area (Å²) >= 11 is 3.39. The minimum atomic E-state index is 0.0612. The van der Waals surface area contributed by atoms with Gasteiger partial charge in [-0.15, -0.1) is 0 Å². The van der Waals surface area contributed by atoms with Crippen LogP contribution in [0, 0.1) is 5.92 Å². The Balaban J connectivity index is 2.79. The van der Waals surface area contributed by atoms with Crippen molar-refractivity contribution in [1.29, 1.82) is 0 Å². The summed E-state index contributed by atoms with van der Waals surface area (Å²) in [5, 5.41) is 0. The zero-order valence-electron chi connectivity index (χ0n) is 9.21. The molecule has 0 atom stereocenters. The van der Waals surface area contributed by atoms with Crippen molar-refractivity contribution in [1.82, 2.24) is 0 Å². The molecule has 0 radical (unpaired) electrons. The number of Topliss-reactive ketones (excluding diaryl/α,β-unsaturated/α-hetero) is 1. The Labute approximate surface area is 98.8 Å². The molecule has 0 bridgehead atoms. The fourth-order valence-corrected chi connectivity index (χ4v) is 1.59. The summed E-state index contributed by atoms with van der Waals surface area (Å²) in [5.41, 5.74) is 0.693. The molecule has 0 aliphatic heterocycles. The maximum Gasteiger partial charge on any atom is 0.159 e. The highest BCUT2D eigenvalue weighted by atomic mass is 79.9. The Hall–Kier alpha value is -0.830. The lowest BCUT2D eigenvalue weighted by molar-refractivity contribution is 0.101. The van der Waals surface area contributed by atoms with Crippen LogP contribution in [0.25, 0.3) is 0 Å². The molecule has 0 saturated heterocycles. The van der Waals surface area contributed by atoms with Crippen LogP contribution in [0.2, 0.25) is 0 Å². The van der Waals surface area contributed by atoms with E-state index < -0.39 is 0 Å². The topological polar surface area (TPSA) is 26.3 Å². The highest BCUT2D eigenvalue weighted by Gasteiger charge is 2.06. The minimum Gasteiger partial charge on any atom is -0.492 e. The molecule has 0 fully saturated rings. The number of hydrogen-bond acceptors (Lipinski definition) is 2. The lowest BCUT2D eigenvalue weighted by Crippen LogP contribution is -2.05. The van der Waals surface area contributed by atoms with Gasteiger partial charge in [-0.1, -0.05) is 13.8 Å². The fraction of sp³-hybridized carbons (Fsp3) is 0.417. The van der Waals surface area contributed by atoms with Crippen molar-refractivity contribution in [3.05, 3.63) is 28.2 Å². The van der Waals surface area contributed by atoms with Gasteiger partial charge in [0.15, 0.2) is 5.78 Å². The number of hydrogen-bond donors (Lipinski definition) is 0. The molecule has 0 spiro atoms. The van der Waals surface area contributed by atoms with Gasteiger partial charge in [-0.2, -0.15) is 0 Å². The van der Waals surface area contributed by atoms with Crippen molar-refractivity contribution >= 4 is 21.7 Å². The normalized spacial score (nSPS) is 10.5. The first-order chi connectivity index (χ1) is 7.00. The first kappa shape index (κ1) is 12.2. The molecule has 0 amide bonds. The molecule has 2 nitrogen and oxygen atoms in total. The second-order valence-corrected chi connectivity index (χ2v) is 4.76. The van der Waals surface area contributed by atoms with E-state index in [1.54, 1.807) is 19.1 Å². The van der Waals surface area contributed by atoms with Gasteiger partial charge in [-0.3, -0.25) is 4.79 Å². The van der Waals surface area contributed by atoms with E-state index in [2.05, 4.69) is 29.8 Å². The molecule has 15 heavy (non-hydrogen) atoms. The molecule has 1 aromatic carbocycles. The van der Waals surface area contributed by atoms with E-state index in [0.717, 1.165) is 10.2 Å². The van der Waals surface area contributed by atoms with E-state index in [0.29, 0.717) is 18.1 Å². The van der Waals surface area contributed by atoms with Crippen LogP contribution in [0.5, 0.6) is 5.75 Å². The average Bonchev–Trinajstić information content (AvgIpc) is 2.15. The van der Waals surface area contributed by atoms with Crippen molar-refractivity contribution in [2.75, 3.05) is 6.61 Å². The van der Waals surface area contributed by atoms with Crippen molar-refractivity contribution in [3.8, 4) is 5.75 Å². The number of halogens is 1. The third kappa shape index (κ3) is 3.67. The largest absolute Gasteiger partial charge is 0.492 e. The van der Waals surface area contributed by atoms with Crippen LogP contribution in [0.1, 0.15) is 31.1 Å². The third-order valence-corrected chi connectivity index (χ3v) is 2.53. The van der Waals surface area contributed by atoms with Gasteiger partial charge < -0.3 is 4.74 Å². The fourth-order valence-electron chi connectivity index (χ4n) is 1.09. The minimum absolute atomic E-state index is 0.0612. The summed E-state index contributed by atoms with van der Waals surface area (Å²) in [5.74, 6) is 1.34. The maximum atomic E-state index is 11.1. The zero-order chi connectivity index (χ0) is 11.4. The van der Waals surface area contributed by atoms with Crippen LogP contribution in [-0.4, -0.2) is 12.4 Å². The highest BCUT2D eigenvalue weighted by Crippen LogP contribution is 2.26.